The van der Waals surface area contributed by atoms with E-state index in [1.807, 2.05) is 0 Å². The maximum atomic E-state index is 13.4. The summed E-state index contributed by atoms with van der Waals surface area (Å²) in [7, 11) is 0. The second-order valence-electron chi connectivity index (χ2n) is 3.10. The van der Waals surface area contributed by atoms with E-state index in [1.165, 1.54) is 11.3 Å². The molecule has 2 aromatic rings. The van der Waals surface area contributed by atoms with Gasteiger partial charge in [0, 0.05) is 6.20 Å². The Kier molecular flexibility index (Phi) is 2.59. The molecule has 0 saturated heterocycles. The van der Waals surface area contributed by atoms with Crippen LogP contribution in [0.25, 0.3) is 16.5 Å². The van der Waals surface area contributed by atoms with Gasteiger partial charge in [0.2, 0.25) is 5.82 Å². The summed E-state index contributed by atoms with van der Waals surface area (Å²) >= 11 is 1.37. The molecule has 0 aliphatic heterocycles. The van der Waals surface area contributed by atoms with Crippen LogP contribution in [0, 0.1) is 0 Å². The van der Waals surface area contributed by atoms with E-state index in [0.29, 0.717) is 11.4 Å². The van der Waals surface area contributed by atoms with Crippen molar-refractivity contribution in [2.24, 2.45) is 0 Å². The largest absolute Gasteiger partial charge is 0.331 e. The van der Waals surface area contributed by atoms with Crippen LogP contribution in [-0.4, -0.2) is 15.1 Å². The number of nitrogens with zero attached hydrogens (tertiary/aromatic N) is 3. The first kappa shape index (κ1) is 9.97. The molecule has 0 spiro atoms. The number of rotatable bonds is 2. The Morgan fingerprint density at radius 1 is 1.47 bits per heavy atom. The highest BCUT2D eigenvalue weighted by Gasteiger charge is 2.14. The van der Waals surface area contributed by atoms with Crippen molar-refractivity contribution in [2.45, 2.75) is 13.8 Å². The third-order valence-corrected chi connectivity index (χ3v) is 2.47. The highest BCUT2D eigenvalue weighted by atomic mass is 32.1. The minimum Gasteiger partial charge on any atom is -0.331 e. The van der Waals surface area contributed by atoms with Gasteiger partial charge >= 0.3 is 0 Å². The zero-order chi connectivity index (χ0) is 10.8. The zero-order valence-corrected chi connectivity index (χ0v) is 9.01. The van der Waals surface area contributed by atoms with Gasteiger partial charge in [-0.25, -0.2) is 4.39 Å². The van der Waals surface area contributed by atoms with Crippen molar-refractivity contribution in [3.05, 3.63) is 23.2 Å². The van der Waals surface area contributed by atoms with Crippen LogP contribution in [0.2, 0.25) is 0 Å². The second-order valence-corrected chi connectivity index (χ2v) is 3.99. The second kappa shape index (κ2) is 3.90. The van der Waals surface area contributed by atoms with Crippen molar-refractivity contribution >= 4 is 17.2 Å². The SMILES string of the molecule is CC(C)=C(F)c1nc(-c2cncs2)no1. The Balaban J connectivity index is 2.37. The fraction of sp³-hybridized carbons (Fsp3) is 0.222. The van der Waals surface area contributed by atoms with Gasteiger partial charge in [0.1, 0.15) is 0 Å². The molecule has 0 aliphatic rings. The minimum atomic E-state index is -0.474. The third-order valence-electron chi connectivity index (χ3n) is 1.71. The van der Waals surface area contributed by atoms with Crippen molar-refractivity contribution in [1.29, 1.82) is 0 Å². The van der Waals surface area contributed by atoms with Crippen LogP contribution in [-0.2, 0) is 0 Å². The summed E-state index contributed by atoms with van der Waals surface area (Å²) in [4.78, 5) is 8.57. The predicted octanol–water partition coefficient (Wildman–Crippen LogP) is 2.91. The lowest BCUT2D eigenvalue weighted by Gasteiger charge is -1.89. The molecular weight excluding hydrogens is 217 g/mol. The lowest BCUT2D eigenvalue weighted by atomic mass is 10.3. The molecule has 0 aromatic carbocycles. The molecule has 0 radical (unpaired) electrons. The summed E-state index contributed by atoms with van der Waals surface area (Å²) < 4.78 is 18.2. The maximum Gasteiger partial charge on any atom is 0.286 e. The quantitative estimate of drug-likeness (QED) is 0.788. The average molecular weight is 225 g/mol. The Morgan fingerprint density at radius 2 is 2.27 bits per heavy atom. The number of hydrogen-bond donors (Lipinski definition) is 0. The van der Waals surface area contributed by atoms with Crippen LogP contribution in [0.4, 0.5) is 4.39 Å². The fourth-order valence-electron chi connectivity index (χ4n) is 0.953. The van der Waals surface area contributed by atoms with Crippen molar-refractivity contribution in [3.63, 3.8) is 0 Å². The Labute approximate surface area is 89.5 Å². The van der Waals surface area contributed by atoms with E-state index in [2.05, 4.69) is 15.1 Å². The smallest absolute Gasteiger partial charge is 0.286 e. The van der Waals surface area contributed by atoms with Gasteiger partial charge in [-0.05, 0) is 19.4 Å². The van der Waals surface area contributed by atoms with Crippen molar-refractivity contribution in [2.75, 3.05) is 0 Å². The molecule has 0 aliphatic carbocycles. The molecule has 0 N–H and O–H groups in total. The van der Waals surface area contributed by atoms with E-state index in [1.54, 1.807) is 25.6 Å². The van der Waals surface area contributed by atoms with E-state index in [9.17, 15) is 4.39 Å². The summed E-state index contributed by atoms with van der Waals surface area (Å²) in [5.74, 6) is -0.194. The molecule has 2 rings (SSSR count). The first-order chi connectivity index (χ1) is 7.18. The molecule has 78 valence electrons. The van der Waals surface area contributed by atoms with Gasteiger partial charge in [-0.2, -0.15) is 4.98 Å². The van der Waals surface area contributed by atoms with Crippen LogP contribution in [0.5, 0.6) is 0 Å². The summed E-state index contributed by atoms with van der Waals surface area (Å²) in [6.45, 7) is 3.29. The first-order valence-corrected chi connectivity index (χ1v) is 5.12. The van der Waals surface area contributed by atoms with Gasteiger partial charge in [0.15, 0.2) is 5.83 Å². The van der Waals surface area contributed by atoms with Gasteiger partial charge in [0.25, 0.3) is 5.89 Å². The van der Waals surface area contributed by atoms with Crippen molar-refractivity contribution < 1.29 is 8.91 Å². The summed E-state index contributed by atoms with van der Waals surface area (Å²) in [5.41, 5.74) is 2.16. The summed E-state index contributed by atoms with van der Waals surface area (Å²) in [6.07, 6.45) is 1.61. The molecule has 0 saturated carbocycles. The number of halogens is 1. The monoisotopic (exact) mass is 225 g/mol. The van der Waals surface area contributed by atoms with Crippen LogP contribution in [0.3, 0.4) is 0 Å². The number of thiazole rings is 1. The van der Waals surface area contributed by atoms with E-state index >= 15 is 0 Å². The third kappa shape index (κ3) is 1.94. The highest BCUT2D eigenvalue weighted by molar-refractivity contribution is 7.13. The predicted molar refractivity (Wildman–Crippen MR) is 54.8 cm³/mol. The van der Waals surface area contributed by atoms with Gasteiger partial charge in [0.05, 0.1) is 10.4 Å². The lowest BCUT2D eigenvalue weighted by Crippen LogP contribution is -1.81. The number of allylic oxidation sites excluding steroid dienone is 1. The molecule has 0 atom stereocenters. The van der Waals surface area contributed by atoms with E-state index < -0.39 is 5.83 Å². The average Bonchev–Trinajstić information content (AvgIpc) is 2.86. The van der Waals surface area contributed by atoms with Gasteiger partial charge in [-0.3, -0.25) is 4.98 Å². The highest BCUT2D eigenvalue weighted by Crippen LogP contribution is 2.23. The molecule has 2 aromatic heterocycles. The molecule has 4 nitrogen and oxygen atoms in total. The normalized spacial score (nSPS) is 10.3. The maximum absolute atomic E-state index is 13.4. The topological polar surface area (TPSA) is 51.8 Å². The van der Waals surface area contributed by atoms with Crippen LogP contribution in [0.1, 0.15) is 19.7 Å². The molecule has 6 heteroatoms. The Morgan fingerprint density at radius 3 is 2.87 bits per heavy atom. The number of hydrogen-bond acceptors (Lipinski definition) is 5. The van der Waals surface area contributed by atoms with Gasteiger partial charge < -0.3 is 4.52 Å². The lowest BCUT2D eigenvalue weighted by molar-refractivity contribution is 0.398. The van der Waals surface area contributed by atoms with Crippen LogP contribution < -0.4 is 0 Å². The molecule has 2 heterocycles. The Hall–Kier alpha value is -1.56. The molecule has 0 amide bonds. The zero-order valence-electron chi connectivity index (χ0n) is 8.19. The molecule has 0 fully saturated rings. The standard InChI is InChI=1S/C9H8FN3OS/c1-5(2)7(10)9-12-8(13-14-9)6-3-11-4-15-6/h3-4H,1-2H3. The molecular formula is C9H8FN3OS. The van der Waals surface area contributed by atoms with Crippen LogP contribution >= 0.6 is 11.3 Å². The first-order valence-electron chi connectivity index (χ1n) is 4.24. The van der Waals surface area contributed by atoms with Gasteiger partial charge in [-0.15, -0.1) is 11.3 Å². The van der Waals surface area contributed by atoms with Crippen molar-refractivity contribution in [3.8, 4) is 10.7 Å². The van der Waals surface area contributed by atoms with E-state index in [0.717, 1.165) is 4.88 Å². The van der Waals surface area contributed by atoms with Crippen LogP contribution in [0.15, 0.2) is 21.8 Å². The summed E-state index contributed by atoms with van der Waals surface area (Å²) in [6, 6.07) is 0. The number of aromatic nitrogens is 3. The molecule has 15 heavy (non-hydrogen) atoms. The molecule has 0 bridgehead atoms. The van der Waals surface area contributed by atoms with Gasteiger partial charge in [-0.1, -0.05) is 5.16 Å². The Bertz CT molecular complexity index is 485. The summed E-state index contributed by atoms with van der Waals surface area (Å²) in [5, 5.41) is 3.67. The van der Waals surface area contributed by atoms with E-state index in [-0.39, 0.29) is 5.89 Å². The minimum absolute atomic E-state index is 0.0848. The fourth-order valence-corrected chi connectivity index (χ4v) is 1.50. The van der Waals surface area contributed by atoms with Crippen molar-refractivity contribution in [1.82, 2.24) is 15.1 Å². The van der Waals surface area contributed by atoms with E-state index in [4.69, 9.17) is 4.52 Å². The molecule has 0 unspecified atom stereocenters.